The summed E-state index contributed by atoms with van der Waals surface area (Å²) < 4.78 is 0. The Balaban J connectivity index is 2.00. The fourth-order valence-corrected chi connectivity index (χ4v) is 3.09. The first kappa shape index (κ1) is 10.2. The number of rotatable bonds is 2. The van der Waals surface area contributed by atoms with Gasteiger partial charge >= 0.3 is 0 Å². The zero-order chi connectivity index (χ0) is 10.3. The Bertz CT molecular complexity index is 230. The smallest absolute Gasteiger partial charge is 0.141 e. The molecule has 2 aliphatic rings. The molecule has 1 heteroatoms. The van der Waals surface area contributed by atoms with Crippen LogP contribution in [0.25, 0.3) is 0 Å². The number of Topliss-reactive ketones (excluding diaryl/α,β-unsaturated/α-hetero) is 1. The van der Waals surface area contributed by atoms with Gasteiger partial charge in [0.15, 0.2) is 0 Å². The maximum Gasteiger partial charge on any atom is 0.141 e. The van der Waals surface area contributed by atoms with E-state index in [9.17, 15) is 4.79 Å². The molecule has 0 heterocycles. The van der Waals surface area contributed by atoms with Crippen LogP contribution >= 0.6 is 0 Å². The minimum absolute atomic E-state index is 0.0987. The van der Waals surface area contributed by atoms with Crippen LogP contribution in [-0.2, 0) is 4.79 Å². The quantitative estimate of drug-likeness (QED) is 0.658. The monoisotopic (exact) mass is 194 g/mol. The molecule has 0 bridgehead atoms. The topological polar surface area (TPSA) is 17.1 Å². The van der Waals surface area contributed by atoms with Crippen molar-refractivity contribution >= 4 is 5.78 Å². The molecule has 14 heavy (non-hydrogen) atoms. The van der Waals surface area contributed by atoms with E-state index < -0.39 is 0 Å². The van der Waals surface area contributed by atoms with Crippen molar-refractivity contribution in [2.24, 2.45) is 23.2 Å². The van der Waals surface area contributed by atoms with Crippen LogP contribution in [0.5, 0.6) is 0 Å². The van der Waals surface area contributed by atoms with Crippen LogP contribution in [0.2, 0.25) is 0 Å². The van der Waals surface area contributed by atoms with Gasteiger partial charge in [0, 0.05) is 11.3 Å². The van der Waals surface area contributed by atoms with Gasteiger partial charge in [0.05, 0.1) is 0 Å². The van der Waals surface area contributed by atoms with Crippen LogP contribution in [0, 0.1) is 23.2 Å². The first-order chi connectivity index (χ1) is 6.51. The van der Waals surface area contributed by atoms with Crippen LogP contribution in [-0.4, -0.2) is 5.78 Å². The minimum Gasteiger partial charge on any atom is -0.299 e. The van der Waals surface area contributed by atoms with Crippen molar-refractivity contribution in [1.82, 2.24) is 0 Å². The summed E-state index contributed by atoms with van der Waals surface area (Å²) in [6, 6.07) is 0. The highest BCUT2D eigenvalue weighted by atomic mass is 16.1. The van der Waals surface area contributed by atoms with Gasteiger partial charge in [-0.25, -0.2) is 0 Å². The molecule has 0 spiro atoms. The summed E-state index contributed by atoms with van der Waals surface area (Å²) >= 11 is 0. The van der Waals surface area contributed by atoms with Gasteiger partial charge in [-0.2, -0.15) is 0 Å². The van der Waals surface area contributed by atoms with Crippen molar-refractivity contribution in [2.45, 2.75) is 52.9 Å². The largest absolute Gasteiger partial charge is 0.299 e. The predicted octanol–water partition coefficient (Wildman–Crippen LogP) is 3.43. The van der Waals surface area contributed by atoms with Gasteiger partial charge in [-0.05, 0) is 43.9 Å². The molecule has 2 fully saturated rings. The molecule has 0 amide bonds. The Morgan fingerprint density at radius 3 is 2.00 bits per heavy atom. The van der Waals surface area contributed by atoms with Crippen molar-refractivity contribution in [1.29, 1.82) is 0 Å². The standard InChI is InChI=1S/C13H22O/c1-9-6-10(2)8-11(7-9)12(14)13(3)4-5-13/h9-11H,4-8H2,1-3H3. The molecule has 80 valence electrons. The summed E-state index contributed by atoms with van der Waals surface area (Å²) in [6.07, 6.45) is 5.91. The lowest BCUT2D eigenvalue weighted by Crippen LogP contribution is -2.30. The van der Waals surface area contributed by atoms with Gasteiger partial charge < -0.3 is 0 Å². The average molecular weight is 194 g/mol. The van der Waals surface area contributed by atoms with E-state index in [-0.39, 0.29) is 5.41 Å². The van der Waals surface area contributed by atoms with E-state index in [0.29, 0.717) is 11.7 Å². The fourth-order valence-electron chi connectivity index (χ4n) is 3.09. The second-order valence-corrected chi connectivity index (χ2v) is 6.04. The lowest BCUT2D eigenvalue weighted by molar-refractivity contribution is -0.129. The van der Waals surface area contributed by atoms with Gasteiger partial charge in [0.2, 0.25) is 0 Å². The van der Waals surface area contributed by atoms with E-state index in [1.165, 1.54) is 6.42 Å². The molecular formula is C13H22O. The van der Waals surface area contributed by atoms with Gasteiger partial charge in [-0.3, -0.25) is 4.79 Å². The third kappa shape index (κ3) is 1.87. The molecular weight excluding hydrogens is 172 g/mol. The second-order valence-electron chi connectivity index (χ2n) is 6.04. The summed E-state index contributed by atoms with van der Waals surface area (Å²) in [6.45, 7) is 6.75. The normalized spacial score (nSPS) is 40.6. The highest BCUT2D eigenvalue weighted by molar-refractivity contribution is 5.89. The van der Waals surface area contributed by atoms with Gasteiger partial charge in [-0.1, -0.05) is 20.8 Å². The van der Waals surface area contributed by atoms with Crippen LogP contribution in [0.4, 0.5) is 0 Å². The number of hydrogen-bond acceptors (Lipinski definition) is 1. The highest BCUT2D eigenvalue weighted by Gasteiger charge is 2.48. The Morgan fingerprint density at radius 1 is 1.07 bits per heavy atom. The SMILES string of the molecule is CC1CC(C)CC(C(=O)C2(C)CC2)C1. The molecule has 0 saturated heterocycles. The first-order valence-electron chi connectivity index (χ1n) is 6.05. The summed E-state index contributed by atoms with van der Waals surface area (Å²) in [7, 11) is 0. The molecule has 2 saturated carbocycles. The van der Waals surface area contributed by atoms with E-state index in [4.69, 9.17) is 0 Å². The number of carbonyl (C=O) groups is 1. The Morgan fingerprint density at radius 2 is 1.57 bits per heavy atom. The van der Waals surface area contributed by atoms with Gasteiger partial charge in [-0.15, -0.1) is 0 Å². The van der Waals surface area contributed by atoms with Crippen molar-refractivity contribution in [3.8, 4) is 0 Å². The minimum atomic E-state index is 0.0987. The number of ketones is 1. The fraction of sp³-hybridized carbons (Fsp3) is 0.923. The third-order valence-corrected chi connectivity index (χ3v) is 4.14. The predicted molar refractivity (Wildman–Crippen MR) is 58.0 cm³/mol. The highest BCUT2D eigenvalue weighted by Crippen LogP contribution is 2.50. The molecule has 0 aliphatic heterocycles. The summed E-state index contributed by atoms with van der Waals surface area (Å²) in [4.78, 5) is 12.2. The second kappa shape index (κ2) is 3.36. The molecule has 0 aromatic carbocycles. The van der Waals surface area contributed by atoms with Gasteiger partial charge in [0.1, 0.15) is 5.78 Å². The van der Waals surface area contributed by atoms with Crippen LogP contribution in [0.3, 0.4) is 0 Å². The van der Waals surface area contributed by atoms with Crippen LogP contribution in [0.15, 0.2) is 0 Å². The molecule has 0 N–H and O–H groups in total. The zero-order valence-electron chi connectivity index (χ0n) is 9.68. The van der Waals surface area contributed by atoms with E-state index in [1.54, 1.807) is 0 Å². The molecule has 2 aliphatic carbocycles. The average Bonchev–Trinajstić information content (AvgIpc) is 2.82. The lowest BCUT2D eigenvalue weighted by Gasteiger charge is -2.32. The molecule has 0 aromatic heterocycles. The van der Waals surface area contributed by atoms with E-state index in [0.717, 1.165) is 37.5 Å². The number of carbonyl (C=O) groups excluding carboxylic acids is 1. The molecule has 0 radical (unpaired) electrons. The third-order valence-electron chi connectivity index (χ3n) is 4.14. The van der Waals surface area contributed by atoms with Crippen molar-refractivity contribution in [2.75, 3.05) is 0 Å². The first-order valence-corrected chi connectivity index (χ1v) is 6.05. The summed E-state index contributed by atoms with van der Waals surface area (Å²) in [5.41, 5.74) is 0.0987. The van der Waals surface area contributed by atoms with E-state index in [1.807, 2.05) is 0 Å². The van der Waals surface area contributed by atoms with E-state index in [2.05, 4.69) is 20.8 Å². The molecule has 2 unspecified atom stereocenters. The van der Waals surface area contributed by atoms with Crippen LogP contribution in [0.1, 0.15) is 52.9 Å². The van der Waals surface area contributed by atoms with Gasteiger partial charge in [0.25, 0.3) is 0 Å². The maximum atomic E-state index is 12.2. The lowest BCUT2D eigenvalue weighted by atomic mass is 9.72. The van der Waals surface area contributed by atoms with Crippen molar-refractivity contribution in [3.63, 3.8) is 0 Å². The molecule has 2 atom stereocenters. The Labute approximate surface area is 87.3 Å². The van der Waals surface area contributed by atoms with Crippen molar-refractivity contribution < 1.29 is 4.79 Å². The molecule has 1 nitrogen and oxygen atoms in total. The molecule has 2 rings (SSSR count). The van der Waals surface area contributed by atoms with Crippen LogP contribution < -0.4 is 0 Å². The van der Waals surface area contributed by atoms with Crippen molar-refractivity contribution in [3.05, 3.63) is 0 Å². The Hall–Kier alpha value is -0.330. The molecule has 0 aromatic rings. The Kier molecular flexibility index (Phi) is 2.45. The van der Waals surface area contributed by atoms with E-state index >= 15 is 0 Å². The summed E-state index contributed by atoms with van der Waals surface area (Å²) in [5.74, 6) is 2.49. The maximum absolute atomic E-state index is 12.2. The number of hydrogen-bond donors (Lipinski definition) is 0. The summed E-state index contributed by atoms with van der Waals surface area (Å²) in [5, 5.41) is 0. The zero-order valence-corrected chi connectivity index (χ0v) is 9.68.